The smallest absolute Gasteiger partial charge is 0.335 e. The summed E-state index contributed by atoms with van der Waals surface area (Å²) in [6.07, 6.45) is 1.05. The number of amides is 1. The molecule has 0 spiro atoms. The van der Waals surface area contributed by atoms with Crippen LogP contribution in [0.1, 0.15) is 31.2 Å². The lowest BCUT2D eigenvalue weighted by Crippen LogP contribution is -2.51. The highest BCUT2D eigenvalue weighted by molar-refractivity contribution is 5.87. The number of aliphatic carboxylic acids is 2. The molecule has 3 fully saturated rings. The average molecular weight is 509 g/mol. The number of carbonyl (C=O) groups excluding carboxylic acids is 1. The number of benzene rings is 1. The Morgan fingerprint density at radius 1 is 1.06 bits per heavy atom. The summed E-state index contributed by atoms with van der Waals surface area (Å²) in [5.74, 6) is -3.24. The fourth-order valence-electron chi connectivity index (χ4n) is 5.31. The maximum atomic E-state index is 13.4. The SMILES string of the molecule is C=CCNC1C2CN(C(=O)C(O)(c3ccc(F)cc3)C3CCCC3)CC21.O=C(O)C(O)C(O)C(=O)O. The minimum atomic E-state index is -2.27. The number of carboxylic acid groups (broad SMARTS) is 2. The standard InChI is InChI=1S/C21H27FN2O2.C4H6O6/c1-2-11-23-19-17-12-24(13-18(17)19)20(25)21(26,14-5-3-4-6-14)15-7-9-16(22)10-8-15;5-1(3(7)8)2(6)4(9)10/h2,7-10,14,17-19,23,26H,1,3-6,11-13H2;1-2,5-6H,(H,7,8)(H,9,10). The molecule has 1 saturated heterocycles. The minimum Gasteiger partial charge on any atom is -0.479 e. The van der Waals surface area contributed by atoms with Crippen molar-refractivity contribution in [3.63, 3.8) is 0 Å². The van der Waals surface area contributed by atoms with E-state index in [1.807, 2.05) is 11.0 Å². The van der Waals surface area contributed by atoms with Crippen molar-refractivity contribution in [3.05, 3.63) is 48.3 Å². The molecule has 6 N–H and O–H groups in total. The highest BCUT2D eigenvalue weighted by Crippen LogP contribution is 2.48. The molecule has 0 aromatic heterocycles. The maximum absolute atomic E-state index is 13.4. The molecule has 3 aliphatic rings. The summed E-state index contributed by atoms with van der Waals surface area (Å²) >= 11 is 0. The first-order chi connectivity index (χ1) is 17.0. The zero-order chi connectivity index (χ0) is 26.6. The number of halogens is 1. The van der Waals surface area contributed by atoms with Gasteiger partial charge in [0, 0.05) is 31.6 Å². The van der Waals surface area contributed by atoms with Gasteiger partial charge in [0.25, 0.3) is 5.91 Å². The Balaban J connectivity index is 0.000000308. The van der Waals surface area contributed by atoms with E-state index in [2.05, 4.69) is 11.9 Å². The second-order valence-corrected chi connectivity index (χ2v) is 9.58. The van der Waals surface area contributed by atoms with Gasteiger partial charge in [-0.25, -0.2) is 14.0 Å². The van der Waals surface area contributed by atoms with Crippen LogP contribution in [0.5, 0.6) is 0 Å². The van der Waals surface area contributed by atoms with Gasteiger partial charge in [-0.2, -0.15) is 0 Å². The Morgan fingerprint density at radius 2 is 1.56 bits per heavy atom. The van der Waals surface area contributed by atoms with Gasteiger partial charge in [-0.1, -0.05) is 31.1 Å². The summed E-state index contributed by atoms with van der Waals surface area (Å²) in [6.45, 7) is 5.89. The number of carbonyl (C=O) groups is 3. The van der Waals surface area contributed by atoms with Gasteiger partial charge < -0.3 is 35.7 Å². The zero-order valence-corrected chi connectivity index (χ0v) is 19.8. The molecule has 0 radical (unpaired) electrons. The number of likely N-dealkylation sites (tertiary alicyclic amines) is 1. The lowest BCUT2D eigenvalue weighted by atomic mass is 9.79. The van der Waals surface area contributed by atoms with Crippen LogP contribution in [-0.2, 0) is 20.0 Å². The number of nitrogens with zero attached hydrogens (tertiary/aromatic N) is 1. The van der Waals surface area contributed by atoms with Gasteiger partial charge in [-0.05, 0) is 42.4 Å². The van der Waals surface area contributed by atoms with Gasteiger partial charge in [-0.15, -0.1) is 6.58 Å². The van der Waals surface area contributed by atoms with E-state index in [1.54, 1.807) is 12.1 Å². The number of fused-ring (bicyclic) bond motifs is 1. The van der Waals surface area contributed by atoms with E-state index in [9.17, 15) is 23.9 Å². The minimum absolute atomic E-state index is 0.0907. The van der Waals surface area contributed by atoms with E-state index in [1.165, 1.54) is 12.1 Å². The number of aliphatic hydroxyl groups excluding tert-OH is 2. The van der Waals surface area contributed by atoms with E-state index in [0.717, 1.165) is 32.2 Å². The highest BCUT2D eigenvalue weighted by atomic mass is 19.1. The fraction of sp³-hybridized carbons (Fsp3) is 0.560. The predicted molar refractivity (Wildman–Crippen MR) is 125 cm³/mol. The molecule has 1 aromatic rings. The van der Waals surface area contributed by atoms with E-state index < -0.39 is 29.7 Å². The molecule has 1 aromatic carbocycles. The third-order valence-corrected chi connectivity index (χ3v) is 7.34. The Labute approximate surface area is 208 Å². The summed E-state index contributed by atoms with van der Waals surface area (Å²) in [4.78, 5) is 34.7. The molecule has 10 nitrogen and oxygen atoms in total. The second kappa shape index (κ2) is 11.5. The zero-order valence-electron chi connectivity index (χ0n) is 19.8. The monoisotopic (exact) mass is 508 g/mol. The molecule has 4 rings (SSSR count). The first kappa shape index (κ1) is 27.7. The van der Waals surface area contributed by atoms with Crippen LogP contribution in [0.4, 0.5) is 4.39 Å². The van der Waals surface area contributed by atoms with Crippen LogP contribution in [0.2, 0.25) is 0 Å². The van der Waals surface area contributed by atoms with Crippen LogP contribution in [0.25, 0.3) is 0 Å². The number of nitrogens with one attached hydrogen (secondary N) is 1. The quantitative estimate of drug-likeness (QED) is 0.257. The summed E-state index contributed by atoms with van der Waals surface area (Å²) in [6, 6.07) is 6.26. The van der Waals surface area contributed by atoms with Crippen LogP contribution in [-0.4, -0.2) is 86.2 Å². The second-order valence-electron chi connectivity index (χ2n) is 9.58. The van der Waals surface area contributed by atoms with Crippen LogP contribution < -0.4 is 5.32 Å². The molecule has 2 saturated carbocycles. The number of carboxylic acids is 2. The third-order valence-electron chi connectivity index (χ3n) is 7.34. The number of piperidine rings is 1. The van der Waals surface area contributed by atoms with Crippen molar-refractivity contribution in [1.82, 2.24) is 10.2 Å². The largest absolute Gasteiger partial charge is 0.479 e. The Hall–Kier alpha value is -2.86. The van der Waals surface area contributed by atoms with Gasteiger partial charge in [0.15, 0.2) is 17.8 Å². The molecule has 198 valence electrons. The van der Waals surface area contributed by atoms with Crippen molar-refractivity contribution < 1.29 is 44.3 Å². The van der Waals surface area contributed by atoms with E-state index in [4.69, 9.17) is 20.4 Å². The fourth-order valence-corrected chi connectivity index (χ4v) is 5.31. The maximum Gasteiger partial charge on any atom is 0.335 e. The van der Waals surface area contributed by atoms with Crippen LogP contribution >= 0.6 is 0 Å². The number of aliphatic hydroxyl groups is 3. The number of hydrogen-bond acceptors (Lipinski definition) is 7. The van der Waals surface area contributed by atoms with E-state index in [-0.39, 0.29) is 17.6 Å². The van der Waals surface area contributed by atoms with Gasteiger partial charge >= 0.3 is 11.9 Å². The average Bonchev–Trinajstić information content (AvgIpc) is 3.26. The summed E-state index contributed by atoms with van der Waals surface area (Å²) in [5.41, 5.74) is -1.01. The Kier molecular flexibility index (Phi) is 8.83. The van der Waals surface area contributed by atoms with Crippen molar-refractivity contribution in [2.75, 3.05) is 19.6 Å². The van der Waals surface area contributed by atoms with E-state index >= 15 is 0 Å². The van der Waals surface area contributed by atoms with Gasteiger partial charge in [0.2, 0.25) is 0 Å². The van der Waals surface area contributed by atoms with Crippen molar-refractivity contribution >= 4 is 17.8 Å². The van der Waals surface area contributed by atoms with Crippen molar-refractivity contribution in [3.8, 4) is 0 Å². The van der Waals surface area contributed by atoms with Crippen LogP contribution in [0, 0.1) is 23.6 Å². The van der Waals surface area contributed by atoms with Gasteiger partial charge in [0.05, 0.1) is 0 Å². The van der Waals surface area contributed by atoms with Crippen LogP contribution in [0.15, 0.2) is 36.9 Å². The molecule has 1 heterocycles. The number of rotatable bonds is 9. The molecular weight excluding hydrogens is 475 g/mol. The predicted octanol–water partition coefficient (Wildman–Crippen LogP) is 0.313. The van der Waals surface area contributed by atoms with E-state index in [0.29, 0.717) is 36.5 Å². The first-order valence-electron chi connectivity index (χ1n) is 12.0. The lowest BCUT2D eigenvalue weighted by Gasteiger charge is -2.37. The van der Waals surface area contributed by atoms with Crippen molar-refractivity contribution in [2.45, 2.75) is 49.5 Å². The molecule has 2 aliphatic carbocycles. The highest BCUT2D eigenvalue weighted by Gasteiger charge is 2.59. The molecule has 1 aliphatic heterocycles. The molecule has 1 amide bonds. The summed E-state index contributed by atoms with van der Waals surface area (Å²) in [5, 5.41) is 47.5. The molecular formula is C25H33FN2O8. The van der Waals surface area contributed by atoms with Gasteiger partial charge in [0.1, 0.15) is 5.82 Å². The number of hydrogen-bond donors (Lipinski definition) is 6. The van der Waals surface area contributed by atoms with Gasteiger partial charge in [-0.3, -0.25) is 4.79 Å². The molecule has 11 heteroatoms. The summed E-state index contributed by atoms with van der Waals surface area (Å²) < 4.78 is 13.4. The molecule has 5 atom stereocenters. The normalized spacial score (nSPS) is 26.1. The first-order valence-corrected chi connectivity index (χ1v) is 12.0. The Morgan fingerprint density at radius 3 is 2.00 bits per heavy atom. The molecule has 0 bridgehead atoms. The summed E-state index contributed by atoms with van der Waals surface area (Å²) in [7, 11) is 0. The van der Waals surface area contributed by atoms with Crippen molar-refractivity contribution in [1.29, 1.82) is 0 Å². The Bertz CT molecular complexity index is 937. The molecule has 36 heavy (non-hydrogen) atoms. The molecule has 5 unspecified atom stereocenters. The third kappa shape index (κ3) is 5.75. The topological polar surface area (TPSA) is 168 Å². The lowest BCUT2D eigenvalue weighted by molar-refractivity contribution is -0.165. The van der Waals surface area contributed by atoms with Crippen LogP contribution in [0.3, 0.4) is 0 Å². The van der Waals surface area contributed by atoms with Crippen molar-refractivity contribution in [2.24, 2.45) is 17.8 Å².